The number of ether oxygens (including phenoxy) is 4. The zero-order chi connectivity index (χ0) is 26.6. The molecule has 0 saturated carbocycles. The number of hydrogen-bond donors (Lipinski definition) is 2. The Labute approximate surface area is 234 Å². The fraction of sp³-hybridized carbons (Fsp3) is 0.640. The lowest BCUT2D eigenvalue weighted by Gasteiger charge is -2.25. The topological polar surface area (TPSA) is 113 Å². The number of urea groups is 1. The van der Waals surface area contributed by atoms with Gasteiger partial charge in [-0.3, -0.25) is 4.79 Å². The molecule has 4 saturated heterocycles. The highest BCUT2D eigenvalue weighted by molar-refractivity contribution is 8.00. The summed E-state index contributed by atoms with van der Waals surface area (Å²) >= 11 is 14.3. The second-order valence-corrected chi connectivity index (χ2v) is 12.7. The van der Waals surface area contributed by atoms with E-state index in [4.69, 9.17) is 42.1 Å². The Morgan fingerprint density at radius 1 is 1.21 bits per heavy atom. The van der Waals surface area contributed by atoms with E-state index in [9.17, 15) is 9.59 Å². The van der Waals surface area contributed by atoms with Crippen molar-refractivity contribution in [2.75, 3.05) is 12.4 Å². The molecular weight excluding hydrogens is 555 g/mol. The van der Waals surface area contributed by atoms with E-state index in [0.29, 0.717) is 27.2 Å². The molecule has 206 valence electrons. The van der Waals surface area contributed by atoms with Gasteiger partial charge in [-0.2, -0.15) is 11.8 Å². The second-order valence-electron chi connectivity index (χ2n) is 10.6. The number of unbranched alkanes of at least 4 members (excludes halogenated alkanes) is 1. The summed E-state index contributed by atoms with van der Waals surface area (Å²) in [5.74, 6) is -0.143. The summed E-state index contributed by atoms with van der Waals surface area (Å²) in [6.07, 6.45) is 2.70. The molecule has 2 amide bonds. The van der Waals surface area contributed by atoms with Crippen molar-refractivity contribution >= 4 is 58.0 Å². The van der Waals surface area contributed by atoms with Crippen LogP contribution in [0, 0.1) is 0 Å². The Morgan fingerprint density at radius 2 is 2.00 bits per heavy atom. The molecule has 6 rings (SSSR count). The van der Waals surface area contributed by atoms with Crippen LogP contribution in [-0.2, 0) is 23.7 Å². The Morgan fingerprint density at radius 3 is 2.84 bits per heavy atom. The van der Waals surface area contributed by atoms with Gasteiger partial charge < -0.3 is 34.1 Å². The number of benzene rings is 1. The summed E-state index contributed by atoms with van der Waals surface area (Å²) in [7, 11) is 0. The average molecular weight is 586 g/mol. The smallest absolute Gasteiger partial charge is 0.315 e. The first-order valence-electron chi connectivity index (χ1n) is 12.9. The highest BCUT2D eigenvalue weighted by atomic mass is 35.5. The SMILES string of the molecule is CC1(C)OC2[C@@H](O1)[C@@H](COC(=O)CCCC[C@@H]1SC[C@@H]3NC(=O)N[C@@H]31)O[C@H]2n1cnc2cc(Cl)c(Cl)cc21. The lowest BCUT2D eigenvalue weighted by molar-refractivity contribution is -0.202. The van der Waals surface area contributed by atoms with Gasteiger partial charge in [0.05, 0.1) is 39.5 Å². The molecule has 1 aromatic carbocycles. The van der Waals surface area contributed by atoms with E-state index in [1.807, 2.05) is 30.2 Å². The molecule has 7 atom stereocenters. The number of nitrogens with one attached hydrogen (secondary N) is 2. The van der Waals surface area contributed by atoms with Gasteiger partial charge >= 0.3 is 12.0 Å². The number of rotatable bonds is 8. The molecule has 1 aromatic heterocycles. The minimum absolute atomic E-state index is 0.0646. The van der Waals surface area contributed by atoms with Gasteiger partial charge in [0.1, 0.15) is 24.9 Å². The van der Waals surface area contributed by atoms with E-state index in [0.717, 1.165) is 30.5 Å². The van der Waals surface area contributed by atoms with E-state index < -0.39 is 30.3 Å². The molecule has 4 aliphatic rings. The van der Waals surface area contributed by atoms with Crippen molar-refractivity contribution in [3.63, 3.8) is 0 Å². The van der Waals surface area contributed by atoms with Gasteiger partial charge in [-0.1, -0.05) is 29.6 Å². The average Bonchev–Trinajstić information content (AvgIpc) is 3.64. The van der Waals surface area contributed by atoms with Crippen molar-refractivity contribution in [1.82, 2.24) is 20.2 Å². The number of aromatic nitrogens is 2. The molecule has 0 aliphatic carbocycles. The van der Waals surface area contributed by atoms with Crippen LogP contribution in [0.3, 0.4) is 0 Å². The van der Waals surface area contributed by atoms with E-state index in [2.05, 4.69) is 15.6 Å². The first-order valence-corrected chi connectivity index (χ1v) is 14.7. The van der Waals surface area contributed by atoms with Crippen molar-refractivity contribution in [3.05, 3.63) is 28.5 Å². The predicted molar refractivity (Wildman–Crippen MR) is 142 cm³/mol. The van der Waals surface area contributed by atoms with Crippen LogP contribution >= 0.6 is 35.0 Å². The normalized spacial score (nSPS) is 33.3. The van der Waals surface area contributed by atoms with Crippen LogP contribution in [0.25, 0.3) is 11.0 Å². The number of fused-ring (bicyclic) bond motifs is 3. The van der Waals surface area contributed by atoms with Gasteiger partial charge in [0.25, 0.3) is 0 Å². The minimum atomic E-state index is -0.803. The third-order valence-electron chi connectivity index (χ3n) is 7.48. The van der Waals surface area contributed by atoms with Crippen LogP contribution in [0.4, 0.5) is 4.79 Å². The number of thioether (sulfide) groups is 1. The number of amides is 2. The van der Waals surface area contributed by atoms with Crippen LogP contribution in [0.5, 0.6) is 0 Å². The lowest BCUT2D eigenvalue weighted by atomic mass is 10.0. The zero-order valence-corrected chi connectivity index (χ0v) is 23.4. The summed E-state index contributed by atoms with van der Waals surface area (Å²) in [6.45, 7) is 3.77. The molecule has 0 radical (unpaired) electrons. The van der Waals surface area contributed by atoms with Gasteiger partial charge in [0.15, 0.2) is 12.0 Å². The number of halogens is 2. The van der Waals surface area contributed by atoms with Gasteiger partial charge in [0.2, 0.25) is 0 Å². The number of carbonyl (C=O) groups excluding carboxylic acids is 2. The largest absolute Gasteiger partial charge is 0.463 e. The van der Waals surface area contributed by atoms with Crippen molar-refractivity contribution in [1.29, 1.82) is 0 Å². The maximum absolute atomic E-state index is 12.5. The third kappa shape index (κ3) is 5.09. The van der Waals surface area contributed by atoms with Gasteiger partial charge in [-0.25, -0.2) is 9.78 Å². The Hall–Kier alpha value is -1.76. The molecule has 1 unspecified atom stereocenters. The lowest BCUT2D eigenvalue weighted by Crippen LogP contribution is -2.36. The first kappa shape index (κ1) is 26.5. The molecule has 4 aliphatic heterocycles. The Bertz CT molecular complexity index is 1240. The van der Waals surface area contributed by atoms with Crippen molar-refractivity contribution < 1.29 is 28.5 Å². The first-order chi connectivity index (χ1) is 18.2. The number of nitrogens with zero attached hydrogens (tertiary/aromatic N) is 2. The molecule has 2 N–H and O–H groups in total. The number of imidazole rings is 1. The van der Waals surface area contributed by atoms with E-state index in [1.165, 1.54) is 0 Å². The van der Waals surface area contributed by atoms with Crippen LogP contribution in [0.15, 0.2) is 18.5 Å². The van der Waals surface area contributed by atoms with Crippen LogP contribution in [0.2, 0.25) is 10.0 Å². The fourth-order valence-corrected chi connectivity index (χ4v) is 7.61. The maximum atomic E-state index is 12.5. The van der Waals surface area contributed by atoms with E-state index in [1.54, 1.807) is 18.5 Å². The quantitative estimate of drug-likeness (QED) is 0.271. The Kier molecular flexibility index (Phi) is 7.19. The van der Waals surface area contributed by atoms with Crippen LogP contribution in [0.1, 0.15) is 45.8 Å². The summed E-state index contributed by atoms with van der Waals surface area (Å²) in [5, 5.41) is 7.18. The van der Waals surface area contributed by atoms with Crippen molar-refractivity contribution in [2.24, 2.45) is 0 Å². The van der Waals surface area contributed by atoms with E-state index in [-0.39, 0.29) is 30.7 Å². The molecule has 10 nitrogen and oxygen atoms in total. The predicted octanol–water partition coefficient (Wildman–Crippen LogP) is 4.03. The van der Waals surface area contributed by atoms with Gasteiger partial charge in [-0.05, 0) is 38.8 Å². The maximum Gasteiger partial charge on any atom is 0.315 e. The van der Waals surface area contributed by atoms with Gasteiger partial charge in [-0.15, -0.1) is 0 Å². The molecule has 13 heteroatoms. The fourth-order valence-electron chi connectivity index (χ4n) is 5.75. The monoisotopic (exact) mass is 584 g/mol. The molecule has 38 heavy (non-hydrogen) atoms. The molecule has 0 bridgehead atoms. The molecule has 2 aromatic rings. The summed E-state index contributed by atoms with van der Waals surface area (Å²) in [5.41, 5.74) is 1.44. The molecule has 0 spiro atoms. The number of hydrogen-bond acceptors (Lipinski definition) is 8. The standard InChI is InChI=1S/C25H30Cl2N4O6S/c1-25(2)36-21-17(9-34-19(32)6-4-3-5-18-20-15(10-38-18)29-24(33)30-20)35-23(22(21)37-25)31-11-28-14-7-12(26)13(27)8-16(14)31/h7-8,11,15,17-18,20-23H,3-6,9-10H2,1-2H3,(H2,29,30,33)/t15-,17+,18-,20-,21-,22?,23+/m0/s1. The van der Waals surface area contributed by atoms with Crippen molar-refractivity contribution in [2.45, 2.75) is 87.2 Å². The minimum Gasteiger partial charge on any atom is -0.463 e. The van der Waals surface area contributed by atoms with Crippen molar-refractivity contribution in [3.8, 4) is 0 Å². The highest BCUT2D eigenvalue weighted by Crippen LogP contribution is 2.44. The molecule has 4 fully saturated rings. The summed E-state index contributed by atoms with van der Waals surface area (Å²) < 4.78 is 26.1. The third-order valence-corrected chi connectivity index (χ3v) is 9.71. The summed E-state index contributed by atoms with van der Waals surface area (Å²) in [6, 6.07) is 3.77. The van der Waals surface area contributed by atoms with Crippen LogP contribution < -0.4 is 10.6 Å². The summed E-state index contributed by atoms with van der Waals surface area (Å²) in [4.78, 5) is 28.5. The van der Waals surface area contributed by atoms with Gasteiger partial charge in [0, 0.05) is 17.4 Å². The molecule has 5 heterocycles. The zero-order valence-electron chi connectivity index (χ0n) is 21.0. The highest BCUT2D eigenvalue weighted by Gasteiger charge is 2.56. The number of esters is 1. The second kappa shape index (κ2) is 10.3. The molecular formula is C25H30Cl2N4O6S. The van der Waals surface area contributed by atoms with Crippen LogP contribution in [-0.4, -0.2) is 75.3 Å². The van der Waals surface area contributed by atoms with E-state index >= 15 is 0 Å². The number of carbonyl (C=O) groups is 2. The Balaban J connectivity index is 1.03.